The van der Waals surface area contributed by atoms with Gasteiger partial charge in [-0.15, -0.1) is 0 Å². The van der Waals surface area contributed by atoms with E-state index in [4.69, 9.17) is 11.5 Å². The van der Waals surface area contributed by atoms with E-state index in [1.807, 2.05) is 19.9 Å². The Bertz CT molecular complexity index is 472. The number of nitrogen functional groups attached to an aromatic ring is 1. The lowest BCUT2D eigenvalue weighted by Crippen LogP contribution is -2.29. The molecular formula is C12H17N3O3. The summed E-state index contributed by atoms with van der Waals surface area (Å²) in [6.07, 6.45) is -0.861. The number of nitrogens with two attached hydrogens (primary N) is 2. The second-order valence-corrected chi connectivity index (χ2v) is 3.95. The molecule has 1 aromatic rings. The summed E-state index contributed by atoms with van der Waals surface area (Å²) in [6.45, 7) is 3.96. The van der Waals surface area contributed by atoms with Crippen LogP contribution in [0.25, 0.3) is 0 Å². The number of carbonyl (C=O) groups excluding carboxylic acids is 2. The van der Waals surface area contributed by atoms with Gasteiger partial charge in [-0.2, -0.15) is 0 Å². The van der Waals surface area contributed by atoms with Gasteiger partial charge in [-0.05, 0) is 31.0 Å². The van der Waals surface area contributed by atoms with Gasteiger partial charge in [-0.25, -0.2) is 4.79 Å². The molecule has 0 radical (unpaired) electrons. The minimum absolute atomic E-state index is 0.0431. The number of hydrogen-bond donors (Lipinski definition) is 3. The Morgan fingerprint density at radius 1 is 1.28 bits per heavy atom. The number of amides is 2. The molecule has 0 bridgehead atoms. The summed E-state index contributed by atoms with van der Waals surface area (Å²) < 4.78 is 4.50. The van der Waals surface area contributed by atoms with Crippen molar-refractivity contribution in [3.05, 3.63) is 28.8 Å². The number of ether oxygens (including phenoxy) is 1. The molecule has 0 saturated carbocycles. The van der Waals surface area contributed by atoms with Crippen molar-refractivity contribution in [2.75, 3.05) is 18.9 Å². The van der Waals surface area contributed by atoms with Crippen molar-refractivity contribution in [1.29, 1.82) is 0 Å². The molecule has 0 heterocycles. The summed E-state index contributed by atoms with van der Waals surface area (Å²) in [6, 6.07) is 3.49. The van der Waals surface area contributed by atoms with Gasteiger partial charge >= 0.3 is 6.09 Å². The molecule has 0 aliphatic rings. The van der Waals surface area contributed by atoms with Crippen LogP contribution in [0.5, 0.6) is 0 Å². The van der Waals surface area contributed by atoms with Crippen molar-refractivity contribution in [1.82, 2.24) is 5.32 Å². The summed E-state index contributed by atoms with van der Waals surface area (Å²) in [5, 5.41) is 2.61. The van der Waals surface area contributed by atoms with Crippen molar-refractivity contribution in [2.45, 2.75) is 13.8 Å². The zero-order chi connectivity index (χ0) is 13.7. The minimum atomic E-state index is -0.861. The van der Waals surface area contributed by atoms with E-state index in [9.17, 15) is 9.59 Å². The molecule has 0 aromatic heterocycles. The molecule has 0 aliphatic heterocycles. The van der Waals surface area contributed by atoms with Crippen LogP contribution in [0, 0.1) is 13.8 Å². The van der Waals surface area contributed by atoms with Crippen molar-refractivity contribution in [3.8, 4) is 0 Å². The summed E-state index contributed by atoms with van der Waals surface area (Å²) in [4.78, 5) is 22.2. The van der Waals surface area contributed by atoms with Crippen LogP contribution in [-0.2, 0) is 4.74 Å². The number of benzene rings is 1. The lowest BCUT2D eigenvalue weighted by Gasteiger charge is -2.10. The van der Waals surface area contributed by atoms with E-state index in [0.717, 1.165) is 11.1 Å². The highest BCUT2D eigenvalue weighted by atomic mass is 16.5. The lowest BCUT2D eigenvalue weighted by molar-refractivity contribution is 0.0936. The van der Waals surface area contributed by atoms with Crippen molar-refractivity contribution >= 4 is 17.7 Å². The van der Waals surface area contributed by atoms with Gasteiger partial charge in [0.05, 0.1) is 6.54 Å². The first kappa shape index (κ1) is 13.8. The molecule has 6 heteroatoms. The SMILES string of the molecule is Cc1cc(C)c(C(=O)NCCOC(N)=O)cc1N. The van der Waals surface area contributed by atoms with Gasteiger partial charge in [0.15, 0.2) is 0 Å². The van der Waals surface area contributed by atoms with Crippen LogP contribution in [0.4, 0.5) is 10.5 Å². The maximum absolute atomic E-state index is 11.8. The largest absolute Gasteiger partial charge is 0.448 e. The molecule has 18 heavy (non-hydrogen) atoms. The average molecular weight is 251 g/mol. The van der Waals surface area contributed by atoms with Gasteiger partial charge in [-0.1, -0.05) is 6.07 Å². The molecule has 1 rings (SSSR count). The normalized spacial score (nSPS) is 9.89. The number of rotatable bonds is 4. The number of carbonyl (C=O) groups is 2. The fourth-order valence-corrected chi connectivity index (χ4v) is 1.53. The minimum Gasteiger partial charge on any atom is -0.448 e. The molecule has 1 aromatic carbocycles. The quantitative estimate of drug-likeness (QED) is 0.541. The Morgan fingerprint density at radius 2 is 1.94 bits per heavy atom. The van der Waals surface area contributed by atoms with E-state index in [1.165, 1.54) is 0 Å². The third kappa shape index (κ3) is 3.65. The Morgan fingerprint density at radius 3 is 2.56 bits per heavy atom. The van der Waals surface area contributed by atoms with Crippen LogP contribution in [-0.4, -0.2) is 25.2 Å². The zero-order valence-corrected chi connectivity index (χ0v) is 10.4. The first-order valence-electron chi connectivity index (χ1n) is 5.49. The molecule has 98 valence electrons. The molecule has 6 nitrogen and oxygen atoms in total. The van der Waals surface area contributed by atoms with Gasteiger partial charge in [0.25, 0.3) is 5.91 Å². The van der Waals surface area contributed by atoms with Gasteiger partial charge in [-0.3, -0.25) is 4.79 Å². The number of nitrogens with one attached hydrogen (secondary N) is 1. The third-order valence-corrected chi connectivity index (χ3v) is 2.49. The van der Waals surface area contributed by atoms with Gasteiger partial charge in [0, 0.05) is 11.3 Å². The maximum atomic E-state index is 11.8. The molecule has 0 saturated heterocycles. The second-order valence-electron chi connectivity index (χ2n) is 3.95. The average Bonchev–Trinajstić information content (AvgIpc) is 2.28. The topological polar surface area (TPSA) is 107 Å². The monoisotopic (exact) mass is 251 g/mol. The molecular weight excluding hydrogens is 234 g/mol. The third-order valence-electron chi connectivity index (χ3n) is 2.49. The van der Waals surface area contributed by atoms with Crippen molar-refractivity contribution in [2.24, 2.45) is 5.73 Å². The number of aryl methyl sites for hydroxylation is 2. The van der Waals surface area contributed by atoms with Gasteiger partial charge < -0.3 is 21.5 Å². The predicted molar refractivity (Wildman–Crippen MR) is 68.2 cm³/mol. The summed E-state index contributed by atoms with van der Waals surface area (Å²) in [5.41, 5.74) is 13.4. The molecule has 0 aliphatic carbocycles. The predicted octanol–water partition coefficient (Wildman–Crippen LogP) is 0.711. The second kappa shape index (κ2) is 5.90. The van der Waals surface area contributed by atoms with Crippen molar-refractivity contribution < 1.29 is 14.3 Å². The highest BCUT2D eigenvalue weighted by Crippen LogP contribution is 2.17. The fraction of sp³-hybridized carbons (Fsp3) is 0.333. The van der Waals surface area contributed by atoms with Crippen LogP contribution in [0.15, 0.2) is 12.1 Å². The number of hydrogen-bond acceptors (Lipinski definition) is 4. The first-order valence-corrected chi connectivity index (χ1v) is 5.49. The first-order chi connectivity index (χ1) is 8.41. The highest BCUT2D eigenvalue weighted by Gasteiger charge is 2.10. The van der Waals surface area contributed by atoms with E-state index in [-0.39, 0.29) is 19.1 Å². The van der Waals surface area contributed by atoms with Crippen molar-refractivity contribution in [3.63, 3.8) is 0 Å². The summed E-state index contributed by atoms with van der Waals surface area (Å²) in [5.74, 6) is -0.257. The van der Waals surface area contributed by atoms with E-state index in [2.05, 4.69) is 10.1 Å². The van der Waals surface area contributed by atoms with E-state index < -0.39 is 6.09 Å². The van der Waals surface area contributed by atoms with E-state index >= 15 is 0 Å². The molecule has 0 spiro atoms. The molecule has 0 unspecified atom stereocenters. The van der Waals surface area contributed by atoms with Crippen LogP contribution in [0.2, 0.25) is 0 Å². The standard InChI is InChI=1S/C12H17N3O3/c1-7-5-8(2)10(13)6-9(7)11(16)15-3-4-18-12(14)17/h5-6H,3-4,13H2,1-2H3,(H2,14,17)(H,15,16). The van der Waals surface area contributed by atoms with Crippen LogP contribution in [0.3, 0.4) is 0 Å². The maximum Gasteiger partial charge on any atom is 0.404 e. The van der Waals surface area contributed by atoms with Gasteiger partial charge in [0.2, 0.25) is 0 Å². The number of primary amides is 1. The lowest BCUT2D eigenvalue weighted by atomic mass is 10.0. The Labute approximate surface area is 105 Å². The highest BCUT2D eigenvalue weighted by molar-refractivity contribution is 5.96. The van der Waals surface area contributed by atoms with Crippen LogP contribution < -0.4 is 16.8 Å². The number of anilines is 1. The molecule has 2 amide bonds. The van der Waals surface area contributed by atoms with Crippen LogP contribution >= 0.6 is 0 Å². The smallest absolute Gasteiger partial charge is 0.404 e. The van der Waals surface area contributed by atoms with E-state index in [1.54, 1.807) is 6.07 Å². The van der Waals surface area contributed by atoms with E-state index in [0.29, 0.717) is 11.3 Å². The zero-order valence-electron chi connectivity index (χ0n) is 10.4. The summed E-state index contributed by atoms with van der Waals surface area (Å²) in [7, 11) is 0. The molecule has 0 atom stereocenters. The van der Waals surface area contributed by atoms with Gasteiger partial charge in [0.1, 0.15) is 6.61 Å². The fourth-order valence-electron chi connectivity index (χ4n) is 1.53. The summed E-state index contributed by atoms with van der Waals surface area (Å²) >= 11 is 0. The Balaban J connectivity index is 2.62. The Kier molecular flexibility index (Phi) is 4.53. The Hall–Kier alpha value is -2.24. The molecule has 0 fully saturated rings. The van der Waals surface area contributed by atoms with Crippen LogP contribution in [0.1, 0.15) is 21.5 Å². The molecule has 5 N–H and O–H groups in total.